The van der Waals surface area contributed by atoms with Crippen LogP contribution < -0.4 is 9.46 Å². The lowest BCUT2D eigenvalue weighted by Crippen LogP contribution is -2.23. The number of rotatable bonds is 6. The van der Waals surface area contributed by atoms with Gasteiger partial charge < -0.3 is 9.15 Å². The zero-order valence-corrected chi connectivity index (χ0v) is 14.6. The third kappa shape index (κ3) is 3.48. The lowest BCUT2D eigenvalue weighted by Gasteiger charge is -2.08. The second kappa shape index (κ2) is 6.71. The first-order valence-corrected chi connectivity index (χ1v) is 9.36. The van der Waals surface area contributed by atoms with Gasteiger partial charge in [0.2, 0.25) is 15.9 Å². The summed E-state index contributed by atoms with van der Waals surface area (Å²) >= 11 is 1.47. The molecule has 0 saturated heterocycles. The molecular weight excluding hydrogens is 350 g/mol. The standard InChI is InChI=1S/C15H15N3O4S2/c1-10-8-11(5-6-12(10)21-2)24(19,20)16-9-14-17-18-15(22-14)13-4-3-7-23-13/h3-8,16H,9H2,1-2H3. The van der Waals surface area contributed by atoms with Gasteiger partial charge in [-0.2, -0.15) is 0 Å². The van der Waals surface area contributed by atoms with E-state index in [0.29, 0.717) is 11.6 Å². The van der Waals surface area contributed by atoms with E-state index in [9.17, 15) is 8.42 Å². The fourth-order valence-corrected chi connectivity index (χ4v) is 3.79. The normalized spacial score (nSPS) is 11.6. The Morgan fingerprint density at radius 1 is 1.29 bits per heavy atom. The number of nitrogens with one attached hydrogen (secondary N) is 1. The number of hydrogen-bond acceptors (Lipinski definition) is 7. The summed E-state index contributed by atoms with van der Waals surface area (Å²) < 4.78 is 37.8. The minimum atomic E-state index is -3.68. The molecule has 0 bridgehead atoms. The predicted molar refractivity (Wildman–Crippen MR) is 89.4 cm³/mol. The van der Waals surface area contributed by atoms with Gasteiger partial charge in [-0.25, -0.2) is 13.1 Å². The molecule has 0 aliphatic carbocycles. The highest BCUT2D eigenvalue weighted by Crippen LogP contribution is 2.23. The van der Waals surface area contributed by atoms with Crippen LogP contribution in [-0.4, -0.2) is 25.7 Å². The van der Waals surface area contributed by atoms with Gasteiger partial charge in [-0.1, -0.05) is 6.07 Å². The Labute approximate surface area is 143 Å². The molecule has 0 amide bonds. The molecule has 0 saturated carbocycles. The Hall–Kier alpha value is -2.23. The molecule has 9 heteroatoms. The zero-order chi connectivity index (χ0) is 17.2. The van der Waals surface area contributed by atoms with Crippen LogP contribution in [-0.2, 0) is 16.6 Å². The number of hydrogen-bond donors (Lipinski definition) is 1. The number of benzene rings is 1. The van der Waals surface area contributed by atoms with Crippen LogP contribution >= 0.6 is 11.3 Å². The second-order valence-electron chi connectivity index (χ2n) is 4.93. The Kier molecular flexibility index (Phi) is 4.65. The zero-order valence-electron chi connectivity index (χ0n) is 13.0. The molecule has 0 atom stereocenters. The van der Waals surface area contributed by atoms with E-state index in [4.69, 9.17) is 9.15 Å². The van der Waals surface area contributed by atoms with Crippen molar-refractivity contribution in [1.29, 1.82) is 0 Å². The fourth-order valence-electron chi connectivity index (χ4n) is 2.08. The minimum absolute atomic E-state index is 0.0776. The van der Waals surface area contributed by atoms with Gasteiger partial charge in [0.25, 0.3) is 5.89 Å². The van der Waals surface area contributed by atoms with Crippen molar-refractivity contribution in [3.8, 4) is 16.5 Å². The van der Waals surface area contributed by atoms with Crippen LogP contribution in [0.5, 0.6) is 5.75 Å². The summed E-state index contributed by atoms with van der Waals surface area (Å²) in [6.07, 6.45) is 0. The Morgan fingerprint density at radius 3 is 2.79 bits per heavy atom. The monoisotopic (exact) mass is 365 g/mol. The first-order chi connectivity index (χ1) is 11.5. The van der Waals surface area contributed by atoms with Gasteiger partial charge in [0.05, 0.1) is 23.4 Å². The van der Waals surface area contributed by atoms with Crippen LogP contribution in [0.4, 0.5) is 0 Å². The van der Waals surface area contributed by atoms with E-state index in [1.54, 1.807) is 19.1 Å². The van der Waals surface area contributed by atoms with Gasteiger partial charge in [0, 0.05) is 0 Å². The van der Waals surface area contributed by atoms with Crippen molar-refractivity contribution in [3.05, 3.63) is 47.2 Å². The van der Waals surface area contributed by atoms with Crippen molar-refractivity contribution in [2.24, 2.45) is 0 Å². The van der Waals surface area contributed by atoms with Crippen molar-refractivity contribution < 1.29 is 17.6 Å². The SMILES string of the molecule is COc1ccc(S(=O)(=O)NCc2nnc(-c3cccs3)o2)cc1C. The van der Waals surface area contributed by atoms with Crippen molar-refractivity contribution >= 4 is 21.4 Å². The summed E-state index contributed by atoms with van der Waals surface area (Å²) in [5.41, 5.74) is 0.734. The molecule has 0 aliphatic heterocycles. The molecule has 3 aromatic rings. The molecule has 0 aliphatic rings. The largest absolute Gasteiger partial charge is 0.496 e. The van der Waals surface area contributed by atoms with Crippen LogP contribution in [0, 0.1) is 6.92 Å². The second-order valence-corrected chi connectivity index (χ2v) is 7.65. The first-order valence-electron chi connectivity index (χ1n) is 7.00. The topological polar surface area (TPSA) is 94.3 Å². The molecule has 1 N–H and O–H groups in total. The van der Waals surface area contributed by atoms with E-state index in [1.165, 1.54) is 24.5 Å². The quantitative estimate of drug-likeness (QED) is 0.721. The lowest BCUT2D eigenvalue weighted by atomic mass is 10.2. The average molecular weight is 365 g/mol. The molecule has 1 aromatic carbocycles. The molecule has 7 nitrogen and oxygen atoms in total. The van der Waals surface area contributed by atoms with Gasteiger partial charge in [0.15, 0.2) is 0 Å². The van der Waals surface area contributed by atoms with Crippen molar-refractivity contribution in [1.82, 2.24) is 14.9 Å². The van der Waals surface area contributed by atoms with Gasteiger partial charge in [0.1, 0.15) is 5.75 Å². The molecule has 24 heavy (non-hydrogen) atoms. The molecule has 126 valence electrons. The molecule has 0 spiro atoms. The van der Waals surface area contributed by atoms with Crippen molar-refractivity contribution in [2.75, 3.05) is 7.11 Å². The van der Waals surface area contributed by atoms with Crippen molar-refractivity contribution in [3.63, 3.8) is 0 Å². The van der Waals surface area contributed by atoms with E-state index in [2.05, 4.69) is 14.9 Å². The summed E-state index contributed by atoms with van der Waals surface area (Å²) in [5, 5.41) is 9.66. The van der Waals surface area contributed by atoms with Gasteiger partial charge in [-0.3, -0.25) is 0 Å². The highest BCUT2D eigenvalue weighted by molar-refractivity contribution is 7.89. The third-order valence-corrected chi connectivity index (χ3v) is 5.55. The third-order valence-electron chi connectivity index (χ3n) is 3.29. The number of thiophene rings is 1. The number of aryl methyl sites for hydroxylation is 1. The average Bonchev–Trinajstić information content (AvgIpc) is 3.24. The van der Waals surface area contributed by atoms with Crippen LogP contribution in [0.25, 0.3) is 10.8 Å². The maximum Gasteiger partial charge on any atom is 0.257 e. The number of nitrogens with zero attached hydrogens (tertiary/aromatic N) is 2. The van der Waals surface area contributed by atoms with E-state index in [0.717, 1.165) is 10.4 Å². The van der Waals surface area contributed by atoms with Crippen LogP contribution in [0.1, 0.15) is 11.5 Å². The molecule has 2 heterocycles. The van der Waals surface area contributed by atoms with Gasteiger partial charge in [-0.05, 0) is 42.1 Å². The van der Waals surface area contributed by atoms with Crippen molar-refractivity contribution in [2.45, 2.75) is 18.4 Å². The van der Waals surface area contributed by atoms with E-state index < -0.39 is 10.0 Å². The number of methoxy groups -OCH3 is 1. The predicted octanol–water partition coefficient (Wildman–Crippen LogP) is 2.59. The van der Waals surface area contributed by atoms with Gasteiger partial charge >= 0.3 is 0 Å². The fraction of sp³-hybridized carbons (Fsp3) is 0.200. The summed E-state index contributed by atoms with van der Waals surface area (Å²) in [6.45, 7) is 1.70. The molecule has 0 fully saturated rings. The Bertz CT molecular complexity index is 934. The highest BCUT2D eigenvalue weighted by atomic mass is 32.2. The van der Waals surface area contributed by atoms with Crippen LogP contribution in [0.2, 0.25) is 0 Å². The summed E-state index contributed by atoms with van der Waals surface area (Å²) in [6, 6.07) is 8.38. The number of aromatic nitrogens is 2. The van der Waals surface area contributed by atoms with Gasteiger partial charge in [-0.15, -0.1) is 21.5 Å². The highest BCUT2D eigenvalue weighted by Gasteiger charge is 2.17. The molecule has 0 radical (unpaired) electrons. The molecule has 3 rings (SSSR count). The Morgan fingerprint density at radius 2 is 2.12 bits per heavy atom. The van der Waals surface area contributed by atoms with E-state index in [1.807, 2.05) is 17.5 Å². The maximum atomic E-state index is 12.4. The minimum Gasteiger partial charge on any atom is -0.496 e. The van der Waals surface area contributed by atoms with Crippen LogP contribution in [0.3, 0.4) is 0 Å². The molecule has 2 aromatic heterocycles. The summed E-state index contributed by atoms with van der Waals surface area (Å²) in [5.74, 6) is 1.21. The smallest absolute Gasteiger partial charge is 0.257 e. The number of sulfonamides is 1. The van der Waals surface area contributed by atoms with Crippen LogP contribution in [0.15, 0.2) is 45.0 Å². The number of ether oxygens (including phenoxy) is 1. The Balaban J connectivity index is 1.72. The molecular formula is C15H15N3O4S2. The summed E-state index contributed by atoms with van der Waals surface area (Å²) in [4.78, 5) is 0.987. The molecule has 0 unspecified atom stereocenters. The lowest BCUT2D eigenvalue weighted by molar-refractivity contribution is 0.411. The van der Waals surface area contributed by atoms with E-state index >= 15 is 0 Å². The first kappa shape index (κ1) is 16.6. The summed E-state index contributed by atoms with van der Waals surface area (Å²) in [7, 11) is -2.14. The van der Waals surface area contributed by atoms with E-state index in [-0.39, 0.29) is 17.3 Å². The maximum absolute atomic E-state index is 12.4.